The molecule has 0 aliphatic rings. The van der Waals surface area contributed by atoms with E-state index >= 15 is 0 Å². The summed E-state index contributed by atoms with van der Waals surface area (Å²) in [7, 11) is 2.11. The summed E-state index contributed by atoms with van der Waals surface area (Å²) in [5.41, 5.74) is 1.06. The average molecular weight is 186 g/mol. The van der Waals surface area contributed by atoms with Crippen molar-refractivity contribution in [1.82, 2.24) is 4.90 Å². The zero-order chi connectivity index (χ0) is 10.3. The van der Waals surface area contributed by atoms with Crippen molar-refractivity contribution in [3.63, 3.8) is 0 Å². The van der Waals surface area contributed by atoms with Gasteiger partial charge in [0.25, 0.3) is 0 Å². The summed E-state index contributed by atoms with van der Waals surface area (Å²) in [6.07, 6.45) is 1.16. The Bertz CT molecular complexity index is 155. The van der Waals surface area contributed by atoms with Crippen molar-refractivity contribution >= 4 is 5.71 Å². The molecule has 0 radical (unpaired) electrons. The van der Waals surface area contributed by atoms with Crippen molar-refractivity contribution in [2.75, 3.05) is 20.1 Å². The Hall–Kier alpha value is -0.570. The van der Waals surface area contributed by atoms with E-state index in [4.69, 9.17) is 4.84 Å². The fourth-order valence-electron chi connectivity index (χ4n) is 0.752. The number of rotatable bonds is 6. The van der Waals surface area contributed by atoms with Crippen LogP contribution in [0.5, 0.6) is 0 Å². The van der Waals surface area contributed by atoms with Gasteiger partial charge in [0.05, 0.1) is 5.71 Å². The van der Waals surface area contributed by atoms with Gasteiger partial charge in [-0.25, -0.2) is 0 Å². The third kappa shape index (κ3) is 7.78. The molecule has 0 aromatic carbocycles. The van der Waals surface area contributed by atoms with Crippen LogP contribution >= 0.6 is 0 Å². The molecule has 13 heavy (non-hydrogen) atoms. The highest BCUT2D eigenvalue weighted by Gasteiger charge is 1.97. The minimum Gasteiger partial charge on any atom is -0.393 e. The number of nitrogens with zero attached hydrogens (tertiary/aromatic N) is 2. The molecule has 0 saturated heterocycles. The van der Waals surface area contributed by atoms with Gasteiger partial charge in [-0.1, -0.05) is 12.1 Å². The van der Waals surface area contributed by atoms with Crippen molar-refractivity contribution in [1.29, 1.82) is 0 Å². The monoisotopic (exact) mass is 186 g/mol. The summed E-state index contributed by atoms with van der Waals surface area (Å²) in [4.78, 5) is 7.40. The molecule has 0 saturated carbocycles. The Balaban J connectivity index is 3.60. The lowest BCUT2D eigenvalue weighted by molar-refractivity contribution is 0.0851. The van der Waals surface area contributed by atoms with Crippen molar-refractivity contribution in [3.8, 4) is 0 Å². The summed E-state index contributed by atoms with van der Waals surface area (Å²) < 4.78 is 0. The van der Waals surface area contributed by atoms with Gasteiger partial charge in [-0.2, -0.15) is 0 Å². The second-order valence-corrected chi connectivity index (χ2v) is 3.63. The van der Waals surface area contributed by atoms with Gasteiger partial charge in [0.15, 0.2) is 0 Å². The molecule has 3 nitrogen and oxygen atoms in total. The van der Waals surface area contributed by atoms with Crippen LogP contribution in [0.4, 0.5) is 0 Å². The minimum absolute atomic E-state index is 0.179. The summed E-state index contributed by atoms with van der Waals surface area (Å²) >= 11 is 0. The molecule has 0 aliphatic carbocycles. The normalized spacial score (nSPS) is 12.7. The van der Waals surface area contributed by atoms with Gasteiger partial charge >= 0.3 is 0 Å². The largest absolute Gasteiger partial charge is 0.393 e. The first kappa shape index (κ1) is 12.4. The Labute approximate surface area is 81.7 Å². The van der Waals surface area contributed by atoms with Crippen LogP contribution in [0.1, 0.15) is 34.1 Å². The standard InChI is InChI=1S/C10H22N2O/c1-6-12(5)8-7-10(4)11-13-9(2)3/h9H,6-8H2,1-5H3. The van der Waals surface area contributed by atoms with Crippen LogP contribution in [0.25, 0.3) is 0 Å². The number of oxime groups is 1. The quantitative estimate of drug-likeness (QED) is 0.469. The maximum absolute atomic E-state index is 5.14. The van der Waals surface area contributed by atoms with Gasteiger partial charge in [0.1, 0.15) is 6.10 Å². The van der Waals surface area contributed by atoms with E-state index in [1.165, 1.54) is 0 Å². The van der Waals surface area contributed by atoms with Crippen molar-refractivity contribution < 1.29 is 4.84 Å². The van der Waals surface area contributed by atoms with Crippen molar-refractivity contribution in [2.45, 2.75) is 40.2 Å². The van der Waals surface area contributed by atoms with E-state index in [-0.39, 0.29) is 6.10 Å². The van der Waals surface area contributed by atoms with Crippen LogP contribution in [0.2, 0.25) is 0 Å². The van der Waals surface area contributed by atoms with E-state index in [9.17, 15) is 0 Å². The highest BCUT2D eigenvalue weighted by atomic mass is 16.6. The van der Waals surface area contributed by atoms with Crippen LogP contribution in [-0.2, 0) is 4.84 Å². The van der Waals surface area contributed by atoms with Crippen LogP contribution in [-0.4, -0.2) is 36.9 Å². The smallest absolute Gasteiger partial charge is 0.122 e. The number of hydrogen-bond acceptors (Lipinski definition) is 3. The molecule has 78 valence electrons. The van der Waals surface area contributed by atoms with E-state index < -0.39 is 0 Å². The molecular weight excluding hydrogens is 164 g/mol. The second-order valence-electron chi connectivity index (χ2n) is 3.63. The molecule has 3 heteroatoms. The second kappa shape index (κ2) is 6.89. The Kier molecular flexibility index (Phi) is 6.59. The Morgan fingerprint density at radius 2 is 2.08 bits per heavy atom. The zero-order valence-corrected chi connectivity index (χ0v) is 9.50. The molecule has 0 rings (SSSR count). The van der Waals surface area contributed by atoms with E-state index in [2.05, 4.69) is 24.0 Å². The zero-order valence-electron chi connectivity index (χ0n) is 9.50. The highest BCUT2D eigenvalue weighted by Crippen LogP contribution is 1.94. The van der Waals surface area contributed by atoms with Crippen molar-refractivity contribution in [3.05, 3.63) is 0 Å². The third-order valence-corrected chi connectivity index (χ3v) is 1.81. The molecular formula is C10H22N2O. The molecule has 0 aromatic rings. The lowest BCUT2D eigenvalue weighted by atomic mass is 10.3. The maximum Gasteiger partial charge on any atom is 0.122 e. The molecule has 0 aromatic heterocycles. The molecule has 0 fully saturated rings. The van der Waals surface area contributed by atoms with E-state index in [1.54, 1.807) is 0 Å². The molecule has 0 heterocycles. The molecule has 0 N–H and O–H groups in total. The lowest BCUT2D eigenvalue weighted by Gasteiger charge is -2.13. The SMILES string of the molecule is CCN(C)CCC(C)=NOC(C)C. The van der Waals surface area contributed by atoms with Gasteiger partial charge < -0.3 is 9.74 Å². The first-order valence-corrected chi connectivity index (χ1v) is 4.94. The van der Waals surface area contributed by atoms with E-state index in [1.807, 2.05) is 20.8 Å². The Morgan fingerprint density at radius 3 is 2.54 bits per heavy atom. The topological polar surface area (TPSA) is 24.8 Å². The summed E-state index contributed by atoms with van der Waals surface area (Å²) in [6.45, 7) is 10.2. The summed E-state index contributed by atoms with van der Waals surface area (Å²) in [6, 6.07) is 0. The highest BCUT2D eigenvalue weighted by molar-refractivity contribution is 5.81. The predicted octanol–water partition coefficient (Wildman–Crippen LogP) is 2.13. The minimum atomic E-state index is 0.179. The van der Waals surface area contributed by atoms with Crippen LogP contribution < -0.4 is 0 Å². The fourth-order valence-corrected chi connectivity index (χ4v) is 0.752. The fraction of sp³-hybridized carbons (Fsp3) is 0.900. The summed E-state index contributed by atoms with van der Waals surface area (Å²) in [5, 5.41) is 4.02. The maximum atomic E-state index is 5.14. The predicted molar refractivity (Wildman–Crippen MR) is 57.1 cm³/mol. The molecule has 0 spiro atoms. The first-order valence-electron chi connectivity index (χ1n) is 4.94. The van der Waals surface area contributed by atoms with Crippen LogP contribution in [0.3, 0.4) is 0 Å². The molecule has 0 aliphatic heterocycles. The Morgan fingerprint density at radius 1 is 1.46 bits per heavy atom. The van der Waals surface area contributed by atoms with Gasteiger partial charge in [-0.05, 0) is 34.4 Å². The molecule has 0 bridgehead atoms. The van der Waals surface area contributed by atoms with E-state index in [0.717, 1.165) is 25.2 Å². The average Bonchev–Trinajstić information content (AvgIpc) is 2.10. The van der Waals surface area contributed by atoms with Gasteiger partial charge in [-0.3, -0.25) is 0 Å². The molecule has 0 amide bonds. The van der Waals surface area contributed by atoms with Gasteiger partial charge in [0, 0.05) is 13.0 Å². The molecule has 0 unspecified atom stereocenters. The van der Waals surface area contributed by atoms with Gasteiger partial charge in [-0.15, -0.1) is 0 Å². The van der Waals surface area contributed by atoms with Crippen LogP contribution in [0, 0.1) is 0 Å². The number of hydrogen-bond donors (Lipinski definition) is 0. The lowest BCUT2D eigenvalue weighted by Crippen LogP contribution is -2.20. The van der Waals surface area contributed by atoms with Gasteiger partial charge in [0.2, 0.25) is 0 Å². The first-order chi connectivity index (χ1) is 6.06. The summed E-state index contributed by atoms with van der Waals surface area (Å²) in [5.74, 6) is 0. The molecule has 0 atom stereocenters. The van der Waals surface area contributed by atoms with Crippen molar-refractivity contribution in [2.24, 2.45) is 5.16 Å². The third-order valence-electron chi connectivity index (χ3n) is 1.81. The van der Waals surface area contributed by atoms with E-state index in [0.29, 0.717) is 0 Å². The van der Waals surface area contributed by atoms with Crippen LogP contribution in [0.15, 0.2) is 5.16 Å².